The van der Waals surface area contributed by atoms with E-state index in [0.717, 1.165) is 59.0 Å². The van der Waals surface area contributed by atoms with E-state index in [1.807, 2.05) is 24.4 Å². The predicted molar refractivity (Wildman–Crippen MR) is 154 cm³/mol. The number of pyridine rings is 1. The Morgan fingerprint density at radius 3 is 2.34 bits per heavy atom. The first-order valence-electron chi connectivity index (χ1n) is 14.4. The van der Waals surface area contributed by atoms with Crippen molar-refractivity contribution in [3.63, 3.8) is 0 Å². The minimum Gasteiger partial charge on any atom is -0.494 e. The van der Waals surface area contributed by atoms with Crippen molar-refractivity contribution in [1.82, 2.24) is 19.6 Å². The lowest BCUT2D eigenvalue weighted by Crippen LogP contribution is -2.17. The maximum Gasteiger partial charge on any atom is 0.223 e. The van der Waals surface area contributed by atoms with E-state index < -0.39 is 0 Å². The smallest absolute Gasteiger partial charge is 0.223 e. The quantitative estimate of drug-likeness (QED) is 0.217. The SMILES string of the molecule is CCCCOc1ccc(-c2cc3c(-c4ccnc(NC5CCCC5)n4)ccc(NC4CCCC4)n3n2)cc1. The van der Waals surface area contributed by atoms with E-state index in [9.17, 15) is 0 Å². The molecule has 2 aliphatic carbocycles. The number of nitrogens with zero attached hydrogens (tertiary/aromatic N) is 4. The van der Waals surface area contributed by atoms with Crippen molar-refractivity contribution in [2.45, 2.75) is 83.2 Å². The summed E-state index contributed by atoms with van der Waals surface area (Å²) >= 11 is 0. The van der Waals surface area contributed by atoms with Crippen LogP contribution in [0.2, 0.25) is 0 Å². The van der Waals surface area contributed by atoms with E-state index >= 15 is 0 Å². The van der Waals surface area contributed by atoms with Crippen LogP contribution >= 0.6 is 0 Å². The van der Waals surface area contributed by atoms with Gasteiger partial charge in [0.1, 0.15) is 11.6 Å². The molecule has 3 aromatic heterocycles. The average Bonchev–Trinajstić information content (AvgIpc) is 3.72. The van der Waals surface area contributed by atoms with Crippen LogP contribution < -0.4 is 15.4 Å². The summed E-state index contributed by atoms with van der Waals surface area (Å²) in [6, 6.07) is 17.7. The molecule has 0 aliphatic heterocycles. The molecule has 0 unspecified atom stereocenters. The van der Waals surface area contributed by atoms with Gasteiger partial charge < -0.3 is 15.4 Å². The summed E-state index contributed by atoms with van der Waals surface area (Å²) in [5.74, 6) is 2.64. The fraction of sp³-hybridized carbons (Fsp3) is 0.452. The molecule has 6 rings (SSSR count). The molecular formula is C31H38N6O. The van der Waals surface area contributed by atoms with Crippen molar-refractivity contribution in [2.75, 3.05) is 17.2 Å². The van der Waals surface area contributed by atoms with Gasteiger partial charge in [-0.3, -0.25) is 0 Å². The van der Waals surface area contributed by atoms with Gasteiger partial charge in [0.25, 0.3) is 0 Å². The third kappa shape index (κ3) is 5.47. The molecule has 0 bridgehead atoms. The van der Waals surface area contributed by atoms with Crippen LogP contribution in [0.4, 0.5) is 11.8 Å². The van der Waals surface area contributed by atoms with Crippen molar-refractivity contribution in [3.8, 4) is 28.3 Å². The van der Waals surface area contributed by atoms with Gasteiger partial charge in [-0.15, -0.1) is 0 Å². The minimum atomic E-state index is 0.471. The lowest BCUT2D eigenvalue weighted by atomic mass is 10.1. The van der Waals surface area contributed by atoms with E-state index in [-0.39, 0.29) is 0 Å². The Hall–Kier alpha value is -3.61. The highest BCUT2D eigenvalue weighted by Gasteiger charge is 2.20. The predicted octanol–water partition coefficient (Wildman–Crippen LogP) is 7.35. The van der Waals surface area contributed by atoms with Gasteiger partial charge in [0.2, 0.25) is 5.95 Å². The number of anilines is 2. The number of fused-ring (bicyclic) bond motifs is 1. The van der Waals surface area contributed by atoms with Crippen molar-refractivity contribution < 1.29 is 4.74 Å². The van der Waals surface area contributed by atoms with Gasteiger partial charge in [0.15, 0.2) is 0 Å². The molecule has 0 amide bonds. The van der Waals surface area contributed by atoms with Crippen LogP contribution in [0.25, 0.3) is 28.0 Å². The number of benzene rings is 1. The molecule has 7 nitrogen and oxygen atoms in total. The van der Waals surface area contributed by atoms with Gasteiger partial charge in [0, 0.05) is 29.4 Å². The number of hydrogen-bond donors (Lipinski definition) is 2. The molecule has 0 radical (unpaired) electrons. The number of aromatic nitrogens is 4. The molecular weight excluding hydrogens is 472 g/mol. The molecule has 7 heteroatoms. The number of hydrogen-bond acceptors (Lipinski definition) is 6. The van der Waals surface area contributed by atoms with Crippen molar-refractivity contribution in [1.29, 1.82) is 0 Å². The van der Waals surface area contributed by atoms with Crippen LogP contribution in [-0.2, 0) is 0 Å². The highest BCUT2D eigenvalue weighted by molar-refractivity contribution is 5.83. The number of ether oxygens (including phenoxy) is 1. The van der Waals surface area contributed by atoms with Gasteiger partial charge >= 0.3 is 0 Å². The molecule has 2 saturated carbocycles. The summed E-state index contributed by atoms with van der Waals surface area (Å²) in [5, 5.41) is 12.4. The molecule has 0 saturated heterocycles. The normalized spacial score (nSPS) is 16.3. The first kappa shape index (κ1) is 24.7. The lowest BCUT2D eigenvalue weighted by Gasteiger charge is -2.16. The molecule has 2 fully saturated rings. The van der Waals surface area contributed by atoms with Crippen LogP contribution in [0.15, 0.2) is 54.7 Å². The average molecular weight is 511 g/mol. The second-order valence-electron chi connectivity index (χ2n) is 10.7. The fourth-order valence-corrected chi connectivity index (χ4v) is 5.71. The maximum atomic E-state index is 5.87. The molecule has 2 N–H and O–H groups in total. The Morgan fingerprint density at radius 1 is 0.868 bits per heavy atom. The van der Waals surface area contributed by atoms with Crippen LogP contribution in [0.1, 0.15) is 71.1 Å². The molecule has 38 heavy (non-hydrogen) atoms. The summed E-state index contributed by atoms with van der Waals surface area (Å²) in [7, 11) is 0. The van der Waals surface area contributed by atoms with E-state index in [1.54, 1.807) is 0 Å². The molecule has 1 aromatic carbocycles. The monoisotopic (exact) mass is 510 g/mol. The van der Waals surface area contributed by atoms with Crippen LogP contribution in [0.5, 0.6) is 5.75 Å². The summed E-state index contributed by atoms with van der Waals surface area (Å²) < 4.78 is 7.93. The van der Waals surface area contributed by atoms with Crippen LogP contribution in [0.3, 0.4) is 0 Å². The van der Waals surface area contributed by atoms with E-state index in [2.05, 4.69) is 57.4 Å². The Balaban J connectivity index is 1.35. The summed E-state index contributed by atoms with van der Waals surface area (Å²) in [6.45, 7) is 2.93. The summed E-state index contributed by atoms with van der Waals surface area (Å²) in [6.07, 6.45) is 14.0. The molecule has 2 aliphatic rings. The van der Waals surface area contributed by atoms with Gasteiger partial charge in [-0.1, -0.05) is 39.0 Å². The highest BCUT2D eigenvalue weighted by atomic mass is 16.5. The number of nitrogens with one attached hydrogen (secondary N) is 2. The van der Waals surface area contributed by atoms with Gasteiger partial charge in [0.05, 0.1) is 23.5 Å². The lowest BCUT2D eigenvalue weighted by molar-refractivity contribution is 0.309. The van der Waals surface area contributed by atoms with E-state index in [0.29, 0.717) is 18.0 Å². The third-order valence-electron chi connectivity index (χ3n) is 7.87. The van der Waals surface area contributed by atoms with Crippen LogP contribution in [-0.4, -0.2) is 38.3 Å². The van der Waals surface area contributed by atoms with Crippen molar-refractivity contribution >= 4 is 17.3 Å². The third-order valence-corrected chi connectivity index (χ3v) is 7.87. The Labute approximate surface area is 225 Å². The van der Waals surface area contributed by atoms with Gasteiger partial charge in [-0.25, -0.2) is 14.5 Å². The number of unbranched alkanes of at least 4 members (excludes halogenated alkanes) is 1. The highest BCUT2D eigenvalue weighted by Crippen LogP contribution is 2.32. The van der Waals surface area contributed by atoms with Crippen LogP contribution in [0, 0.1) is 0 Å². The van der Waals surface area contributed by atoms with Crippen molar-refractivity contribution in [3.05, 3.63) is 54.7 Å². The zero-order chi connectivity index (χ0) is 25.7. The molecule has 3 heterocycles. The topological polar surface area (TPSA) is 76.4 Å². The largest absolute Gasteiger partial charge is 0.494 e. The Kier molecular flexibility index (Phi) is 7.42. The first-order valence-corrected chi connectivity index (χ1v) is 14.4. The maximum absolute atomic E-state index is 5.87. The van der Waals surface area contributed by atoms with E-state index in [4.69, 9.17) is 14.8 Å². The molecule has 198 valence electrons. The standard InChI is InChI=1S/C31H38N6O/c1-2-3-20-38-25-14-12-22(13-15-25)28-21-29-26(16-17-30(37(29)36-28)33-23-8-4-5-9-23)27-18-19-32-31(35-27)34-24-10-6-7-11-24/h12-19,21,23-24,33H,2-11,20H2,1H3,(H,32,34,35). The summed E-state index contributed by atoms with van der Waals surface area (Å²) in [4.78, 5) is 9.43. The fourth-order valence-electron chi connectivity index (χ4n) is 5.71. The second-order valence-corrected chi connectivity index (χ2v) is 10.7. The van der Waals surface area contributed by atoms with Gasteiger partial charge in [-0.05, 0) is 80.6 Å². The zero-order valence-corrected chi connectivity index (χ0v) is 22.3. The Bertz CT molecular complexity index is 1350. The Morgan fingerprint density at radius 2 is 1.61 bits per heavy atom. The van der Waals surface area contributed by atoms with Crippen molar-refractivity contribution in [2.24, 2.45) is 0 Å². The molecule has 0 atom stereocenters. The molecule has 4 aromatic rings. The molecule has 0 spiro atoms. The first-order chi connectivity index (χ1) is 18.8. The zero-order valence-electron chi connectivity index (χ0n) is 22.3. The number of rotatable bonds is 10. The van der Waals surface area contributed by atoms with Gasteiger partial charge in [-0.2, -0.15) is 5.10 Å². The van der Waals surface area contributed by atoms with E-state index in [1.165, 1.54) is 51.4 Å². The minimum absolute atomic E-state index is 0.471. The second kappa shape index (κ2) is 11.4. The summed E-state index contributed by atoms with van der Waals surface area (Å²) in [5.41, 5.74) is 5.00.